The van der Waals surface area contributed by atoms with E-state index in [0.717, 1.165) is 6.42 Å². The summed E-state index contributed by atoms with van der Waals surface area (Å²) in [5, 5.41) is 0. The highest BCUT2D eigenvalue weighted by molar-refractivity contribution is 5.77. The standard InChI is InChI=1S/C18H28N2O4/c1-3-12-20(13-11-18(22)23-4-2)17(21)10-7-14-24-16-9-6-5-8-15(16)19/h5-6,8-9H,3-4,7,10-14,19H2,1-2H3. The van der Waals surface area contributed by atoms with Gasteiger partial charge in [-0.1, -0.05) is 19.1 Å². The van der Waals surface area contributed by atoms with Gasteiger partial charge in [0.15, 0.2) is 0 Å². The number of hydrogen-bond donors (Lipinski definition) is 1. The number of para-hydroxylation sites is 2. The van der Waals surface area contributed by atoms with Crippen LogP contribution < -0.4 is 10.5 Å². The van der Waals surface area contributed by atoms with Gasteiger partial charge in [0, 0.05) is 19.5 Å². The number of nitrogen functional groups attached to an aromatic ring is 1. The van der Waals surface area contributed by atoms with Crippen LogP contribution in [0.3, 0.4) is 0 Å². The van der Waals surface area contributed by atoms with Gasteiger partial charge < -0.3 is 20.1 Å². The van der Waals surface area contributed by atoms with Gasteiger partial charge in [0.2, 0.25) is 5.91 Å². The Kier molecular flexibility index (Phi) is 9.34. The molecule has 0 spiro atoms. The van der Waals surface area contributed by atoms with Crippen molar-refractivity contribution in [3.05, 3.63) is 24.3 Å². The number of nitrogens with zero attached hydrogens (tertiary/aromatic N) is 1. The molecule has 0 aromatic heterocycles. The predicted octanol–water partition coefficient (Wildman–Crippen LogP) is 2.62. The molecule has 1 amide bonds. The maximum Gasteiger partial charge on any atom is 0.307 e. The van der Waals surface area contributed by atoms with Crippen molar-refractivity contribution in [2.24, 2.45) is 0 Å². The van der Waals surface area contributed by atoms with E-state index in [0.29, 0.717) is 50.6 Å². The maximum atomic E-state index is 12.3. The second-order valence-corrected chi connectivity index (χ2v) is 5.43. The average Bonchev–Trinajstić information content (AvgIpc) is 2.57. The lowest BCUT2D eigenvalue weighted by molar-refractivity contribution is -0.144. The summed E-state index contributed by atoms with van der Waals surface area (Å²) < 4.78 is 10.5. The summed E-state index contributed by atoms with van der Waals surface area (Å²) in [7, 11) is 0. The summed E-state index contributed by atoms with van der Waals surface area (Å²) in [6.07, 6.45) is 2.07. The van der Waals surface area contributed by atoms with Crippen LogP contribution >= 0.6 is 0 Å². The fourth-order valence-electron chi connectivity index (χ4n) is 2.27. The van der Waals surface area contributed by atoms with E-state index in [1.807, 2.05) is 19.1 Å². The molecule has 6 nitrogen and oxygen atoms in total. The molecule has 0 radical (unpaired) electrons. The molecule has 24 heavy (non-hydrogen) atoms. The van der Waals surface area contributed by atoms with E-state index < -0.39 is 0 Å². The Labute approximate surface area is 143 Å². The SMILES string of the molecule is CCCN(CCC(=O)OCC)C(=O)CCCOc1ccccc1N. The first kappa shape index (κ1) is 19.8. The van der Waals surface area contributed by atoms with Crippen molar-refractivity contribution in [1.29, 1.82) is 0 Å². The summed E-state index contributed by atoms with van der Waals surface area (Å²) in [5.41, 5.74) is 6.39. The Balaban J connectivity index is 2.34. The van der Waals surface area contributed by atoms with Crippen molar-refractivity contribution >= 4 is 17.6 Å². The van der Waals surface area contributed by atoms with Crippen LogP contribution in [0.15, 0.2) is 24.3 Å². The average molecular weight is 336 g/mol. The minimum atomic E-state index is -0.269. The van der Waals surface area contributed by atoms with E-state index in [-0.39, 0.29) is 18.3 Å². The van der Waals surface area contributed by atoms with Crippen LogP contribution in [0.1, 0.15) is 39.5 Å². The van der Waals surface area contributed by atoms with Gasteiger partial charge in [-0.15, -0.1) is 0 Å². The summed E-state index contributed by atoms with van der Waals surface area (Å²) in [4.78, 5) is 25.4. The van der Waals surface area contributed by atoms with Crippen LogP contribution in [0, 0.1) is 0 Å². The van der Waals surface area contributed by atoms with Crippen molar-refractivity contribution in [1.82, 2.24) is 4.90 Å². The summed E-state index contributed by atoms with van der Waals surface area (Å²) >= 11 is 0. The smallest absolute Gasteiger partial charge is 0.307 e. The number of amides is 1. The van der Waals surface area contributed by atoms with E-state index in [2.05, 4.69) is 0 Å². The second kappa shape index (κ2) is 11.3. The first-order valence-electron chi connectivity index (χ1n) is 8.49. The van der Waals surface area contributed by atoms with Crippen molar-refractivity contribution < 1.29 is 19.1 Å². The highest BCUT2D eigenvalue weighted by Gasteiger charge is 2.14. The number of esters is 1. The monoisotopic (exact) mass is 336 g/mol. The van der Waals surface area contributed by atoms with Gasteiger partial charge in [0.1, 0.15) is 5.75 Å². The number of hydrogen-bond acceptors (Lipinski definition) is 5. The molecule has 0 aliphatic carbocycles. The molecule has 6 heteroatoms. The number of nitrogens with two attached hydrogens (primary N) is 1. The molecule has 1 aromatic carbocycles. The lowest BCUT2D eigenvalue weighted by atomic mass is 10.2. The number of rotatable bonds is 11. The number of carbonyl (C=O) groups excluding carboxylic acids is 2. The van der Waals surface area contributed by atoms with Crippen LogP contribution in [0.2, 0.25) is 0 Å². The molecule has 0 heterocycles. The van der Waals surface area contributed by atoms with Gasteiger partial charge in [-0.3, -0.25) is 9.59 Å². The first-order valence-corrected chi connectivity index (χ1v) is 8.49. The molecule has 0 aliphatic rings. The number of benzene rings is 1. The van der Waals surface area contributed by atoms with E-state index in [9.17, 15) is 9.59 Å². The lowest BCUT2D eigenvalue weighted by Gasteiger charge is -2.21. The molecule has 0 saturated heterocycles. The fraction of sp³-hybridized carbons (Fsp3) is 0.556. The molecule has 0 saturated carbocycles. The lowest BCUT2D eigenvalue weighted by Crippen LogP contribution is -2.34. The summed E-state index contributed by atoms with van der Waals surface area (Å²) in [6, 6.07) is 7.28. The highest BCUT2D eigenvalue weighted by atomic mass is 16.5. The van der Waals surface area contributed by atoms with Crippen LogP contribution in [0.5, 0.6) is 5.75 Å². The van der Waals surface area contributed by atoms with Gasteiger partial charge in [-0.05, 0) is 31.9 Å². The van der Waals surface area contributed by atoms with Gasteiger partial charge in [0.05, 0.1) is 25.3 Å². The van der Waals surface area contributed by atoms with Crippen molar-refractivity contribution in [3.8, 4) is 5.75 Å². The van der Waals surface area contributed by atoms with E-state index in [4.69, 9.17) is 15.2 Å². The van der Waals surface area contributed by atoms with E-state index in [1.165, 1.54) is 0 Å². The fourth-order valence-corrected chi connectivity index (χ4v) is 2.27. The van der Waals surface area contributed by atoms with E-state index in [1.54, 1.807) is 24.0 Å². The Morgan fingerprint density at radius 3 is 2.54 bits per heavy atom. The third kappa shape index (κ3) is 7.35. The van der Waals surface area contributed by atoms with Gasteiger partial charge >= 0.3 is 5.97 Å². The molecule has 1 rings (SSSR count). The zero-order valence-corrected chi connectivity index (χ0v) is 14.6. The molecule has 0 aliphatic heterocycles. The third-order valence-electron chi connectivity index (χ3n) is 3.45. The quantitative estimate of drug-likeness (QED) is 0.382. The number of ether oxygens (including phenoxy) is 2. The number of anilines is 1. The van der Waals surface area contributed by atoms with Gasteiger partial charge in [-0.2, -0.15) is 0 Å². The molecule has 0 unspecified atom stereocenters. The second-order valence-electron chi connectivity index (χ2n) is 5.43. The van der Waals surface area contributed by atoms with E-state index >= 15 is 0 Å². The van der Waals surface area contributed by atoms with Crippen LogP contribution in [0.4, 0.5) is 5.69 Å². The molecule has 1 aromatic rings. The van der Waals surface area contributed by atoms with Gasteiger partial charge in [-0.25, -0.2) is 0 Å². The predicted molar refractivity (Wildman–Crippen MR) is 93.7 cm³/mol. The molecule has 0 bridgehead atoms. The Morgan fingerprint density at radius 1 is 1.12 bits per heavy atom. The molecular formula is C18H28N2O4. The molecule has 2 N–H and O–H groups in total. The van der Waals surface area contributed by atoms with Crippen LogP contribution in [0.25, 0.3) is 0 Å². The zero-order valence-electron chi connectivity index (χ0n) is 14.6. The normalized spacial score (nSPS) is 10.2. The summed E-state index contributed by atoms with van der Waals surface area (Å²) in [5.74, 6) is 0.401. The molecular weight excluding hydrogens is 308 g/mol. The third-order valence-corrected chi connectivity index (χ3v) is 3.45. The largest absolute Gasteiger partial charge is 0.491 e. The Morgan fingerprint density at radius 2 is 1.88 bits per heavy atom. The van der Waals surface area contributed by atoms with Crippen molar-refractivity contribution in [2.75, 3.05) is 32.0 Å². The zero-order chi connectivity index (χ0) is 17.8. The maximum absolute atomic E-state index is 12.3. The van der Waals surface area contributed by atoms with Crippen molar-refractivity contribution in [2.45, 2.75) is 39.5 Å². The Bertz CT molecular complexity index is 519. The molecule has 0 fully saturated rings. The minimum Gasteiger partial charge on any atom is -0.491 e. The Hall–Kier alpha value is -2.24. The summed E-state index contributed by atoms with van der Waals surface area (Å²) in [6.45, 7) is 5.61. The van der Waals surface area contributed by atoms with Crippen molar-refractivity contribution in [3.63, 3.8) is 0 Å². The van der Waals surface area contributed by atoms with Crippen LogP contribution in [-0.2, 0) is 14.3 Å². The minimum absolute atomic E-state index is 0.0331. The topological polar surface area (TPSA) is 81.9 Å². The first-order chi connectivity index (χ1) is 11.6. The number of carbonyl (C=O) groups is 2. The molecule has 0 atom stereocenters. The van der Waals surface area contributed by atoms with Crippen LogP contribution in [-0.4, -0.2) is 43.1 Å². The molecule has 134 valence electrons. The van der Waals surface area contributed by atoms with Gasteiger partial charge in [0.25, 0.3) is 0 Å². The highest BCUT2D eigenvalue weighted by Crippen LogP contribution is 2.19.